The van der Waals surface area contributed by atoms with Crippen LogP contribution in [0.2, 0.25) is 0 Å². The summed E-state index contributed by atoms with van der Waals surface area (Å²) < 4.78 is 6.71. The third-order valence-corrected chi connectivity index (χ3v) is 6.48. The number of nitrogens with one attached hydrogen (secondary N) is 1. The molecular weight excluding hydrogens is 434 g/mol. The molecule has 0 spiro atoms. The second kappa shape index (κ2) is 8.71. The van der Waals surface area contributed by atoms with Crippen molar-refractivity contribution in [3.8, 4) is 0 Å². The second-order valence-electron chi connectivity index (χ2n) is 7.73. The van der Waals surface area contributed by atoms with Gasteiger partial charge in [-0.05, 0) is 79.5 Å². The molecular formula is C22H26BrN3O3. The summed E-state index contributed by atoms with van der Waals surface area (Å²) in [6, 6.07) is 11.6. The summed E-state index contributed by atoms with van der Waals surface area (Å²) in [6.07, 6.45) is 2.85. The summed E-state index contributed by atoms with van der Waals surface area (Å²) in [5, 5.41) is 3.03. The topological polar surface area (TPSA) is 65.8 Å². The molecule has 2 unspecified atom stereocenters. The van der Waals surface area contributed by atoms with Crippen molar-refractivity contribution in [2.24, 2.45) is 5.92 Å². The first-order valence-corrected chi connectivity index (χ1v) is 11.0. The number of likely N-dealkylation sites (tertiary alicyclic amines) is 1. The largest absolute Gasteiger partial charge is 0.465 e. The van der Waals surface area contributed by atoms with Crippen molar-refractivity contribution in [3.63, 3.8) is 0 Å². The lowest BCUT2D eigenvalue weighted by Gasteiger charge is -2.26. The first kappa shape index (κ1) is 20.2. The Bertz CT molecular complexity index is 891. The number of rotatable bonds is 6. The van der Waals surface area contributed by atoms with Crippen LogP contribution in [0.5, 0.6) is 0 Å². The van der Waals surface area contributed by atoms with Gasteiger partial charge in [0.1, 0.15) is 17.4 Å². The Morgan fingerprint density at radius 2 is 1.97 bits per heavy atom. The highest BCUT2D eigenvalue weighted by atomic mass is 79.9. The average molecular weight is 460 g/mol. The van der Waals surface area contributed by atoms with E-state index in [4.69, 9.17) is 4.42 Å². The van der Waals surface area contributed by atoms with Crippen molar-refractivity contribution in [1.29, 1.82) is 0 Å². The molecule has 0 saturated carbocycles. The number of halogens is 1. The minimum atomic E-state index is -0.639. The molecule has 2 amide bonds. The molecule has 29 heavy (non-hydrogen) atoms. The molecule has 154 valence electrons. The number of amides is 2. The number of para-hydroxylation sites is 1. The number of furan rings is 1. The minimum Gasteiger partial charge on any atom is -0.465 e. The van der Waals surface area contributed by atoms with Gasteiger partial charge in [-0.1, -0.05) is 12.1 Å². The Morgan fingerprint density at radius 3 is 2.66 bits per heavy atom. The molecule has 2 saturated heterocycles. The zero-order valence-electron chi connectivity index (χ0n) is 16.6. The number of nitrogens with zero attached hydrogens (tertiary/aromatic N) is 2. The number of hydrogen-bond donors (Lipinski definition) is 1. The van der Waals surface area contributed by atoms with Crippen molar-refractivity contribution in [1.82, 2.24) is 10.2 Å². The smallest absolute Gasteiger partial charge is 0.239 e. The molecule has 0 radical (unpaired) electrons. The Kier molecular flexibility index (Phi) is 6.06. The van der Waals surface area contributed by atoms with E-state index in [9.17, 15) is 9.59 Å². The van der Waals surface area contributed by atoms with Crippen molar-refractivity contribution in [3.05, 3.63) is 52.4 Å². The van der Waals surface area contributed by atoms with E-state index in [-0.39, 0.29) is 17.9 Å². The Balaban J connectivity index is 1.42. The van der Waals surface area contributed by atoms with Crippen LogP contribution in [-0.4, -0.2) is 42.9 Å². The van der Waals surface area contributed by atoms with Crippen LogP contribution in [0.3, 0.4) is 0 Å². The van der Waals surface area contributed by atoms with E-state index < -0.39 is 5.92 Å². The van der Waals surface area contributed by atoms with Gasteiger partial charge in [-0.3, -0.25) is 14.5 Å². The van der Waals surface area contributed by atoms with Crippen LogP contribution < -0.4 is 10.2 Å². The van der Waals surface area contributed by atoms with Gasteiger partial charge in [-0.25, -0.2) is 0 Å². The van der Waals surface area contributed by atoms with E-state index in [1.54, 1.807) is 4.90 Å². The summed E-state index contributed by atoms with van der Waals surface area (Å²) >= 11 is 3.50. The normalized spacial score (nSPS) is 21.0. The molecule has 4 rings (SSSR count). The first-order chi connectivity index (χ1) is 14.0. The summed E-state index contributed by atoms with van der Waals surface area (Å²) in [7, 11) is 0. The van der Waals surface area contributed by atoms with Crippen molar-refractivity contribution in [2.75, 3.05) is 31.1 Å². The lowest BCUT2D eigenvalue weighted by molar-refractivity contribution is -0.132. The fourth-order valence-corrected chi connectivity index (χ4v) is 4.75. The Hall–Kier alpha value is -2.12. The monoisotopic (exact) mass is 459 g/mol. The molecule has 0 bridgehead atoms. The van der Waals surface area contributed by atoms with Gasteiger partial charge in [0, 0.05) is 17.6 Å². The van der Waals surface area contributed by atoms with E-state index in [1.165, 1.54) is 0 Å². The third-order valence-electron chi connectivity index (χ3n) is 5.81. The molecule has 2 fully saturated rings. The Morgan fingerprint density at radius 1 is 1.21 bits per heavy atom. The lowest BCUT2D eigenvalue weighted by atomic mass is 10.1. The molecule has 0 aliphatic carbocycles. The molecule has 1 aromatic heterocycles. The predicted molar refractivity (Wildman–Crippen MR) is 115 cm³/mol. The van der Waals surface area contributed by atoms with Crippen molar-refractivity contribution < 1.29 is 14.0 Å². The van der Waals surface area contributed by atoms with E-state index in [2.05, 4.69) is 26.1 Å². The Labute approximate surface area is 179 Å². The number of aryl methyl sites for hydroxylation is 1. The highest BCUT2D eigenvalue weighted by Crippen LogP contribution is 2.32. The fourth-order valence-electron chi connectivity index (χ4n) is 4.25. The minimum absolute atomic E-state index is 0.00558. The van der Waals surface area contributed by atoms with Crippen LogP contribution in [0.4, 0.5) is 5.69 Å². The zero-order chi connectivity index (χ0) is 20.4. The highest BCUT2D eigenvalue weighted by molar-refractivity contribution is 9.10. The van der Waals surface area contributed by atoms with Gasteiger partial charge < -0.3 is 14.6 Å². The van der Waals surface area contributed by atoms with E-state index in [0.29, 0.717) is 19.5 Å². The van der Waals surface area contributed by atoms with Crippen LogP contribution in [0.15, 0.2) is 45.3 Å². The number of hydrogen-bond acceptors (Lipinski definition) is 4. The number of carbonyl (C=O) groups is 2. The van der Waals surface area contributed by atoms with E-state index in [0.717, 1.165) is 47.6 Å². The molecule has 2 aliphatic rings. The SMILES string of the molecule is Cc1ccc(C(CNC(=O)C2CCN(c3ccccc3Br)C2=O)N2CCCC2)o1. The molecule has 2 atom stereocenters. The lowest BCUT2D eigenvalue weighted by Crippen LogP contribution is -2.41. The fraction of sp³-hybridized carbons (Fsp3) is 0.455. The maximum atomic E-state index is 12.9. The van der Waals surface area contributed by atoms with Gasteiger partial charge in [0.15, 0.2) is 0 Å². The number of benzene rings is 1. The zero-order valence-corrected chi connectivity index (χ0v) is 18.2. The van der Waals surface area contributed by atoms with Crippen molar-refractivity contribution in [2.45, 2.75) is 32.2 Å². The number of carbonyl (C=O) groups excluding carboxylic acids is 2. The van der Waals surface area contributed by atoms with E-state index >= 15 is 0 Å². The molecule has 3 heterocycles. The molecule has 2 aromatic rings. The maximum absolute atomic E-state index is 12.9. The van der Waals surface area contributed by atoms with Crippen LogP contribution in [-0.2, 0) is 9.59 Å². The molecule has 6 nitrogen and oxygen atoms in total. The quantitative estimate of drug-likeness (QED) is 0.669. The molecule has 1 aromatic carbocycles. The number of anilines is 1. The molecule has 1 N–H and O–H groups in total. The van der Waals surface area contributed by atoms with Crippen LogP contribution in [0.25, 0.3) is 0 Å². The standard InChI is InChI=1S/C22H26BrN3O3/c1-15-8-9-20(29-15)19(25-11-4-5-12-25)14-24-21(27)16-10-13-26(22(16)28)18-7-3-2-6-17(18)23/h2-3,6-9,16,19H,4-5,10-14H2,1H3,(H,24,27). The summed E-state index contributed by atoms with van der Waals surface area (Å²) in [6.45, 7) is 4.92. The van der Waals surface area contributed by atoms with E-state index in [1.807, 2.05) is 43.3 Å². The van der Waals surface area contributed by atoms with Gasteiger partial charge in [-0.15, -0.1) is 0 Å². The van der Waals surface area contributed by atoms with Crippen LogP contribution in [0.1, 0.15) is 36.8 Å². The van der Waals surface area contributed by atoms with Crippen molar-refractivity contribution >= 4 is 33.4 Å². The maximum Gasteiger partial charge on any atom is 0.239 e. The van der Waals surface area contributed by atoms with Gasteiger partial charge in [-0.2, -0.15) is 0 Å². The predicted octanol–water partition coefficient (Wildman–Crippen LogP) is 3.66. The summed E-state index contributed by atoms with van der Waals surface area (Å²) in [4.78, 5) is 29.8. The average Bonchev–Trinajstić information content (AvgIpc) is 3.45. The second-order valence-corrected chi connectivity index (χ2v) is 8.59. The third kappa shape index (κ3) is 4.26. The van der Waals surface area contributed by atoms with Crippen LogP contribution in [0, 0.1) is 12.8 Å². The van der Waals surface area contributed by atoms with Gasteiger partial charge in [0.25, 0.3) is 0 Å². The highest BCUT2D eigenvalue weighted by Gasteiger charge is 2.38. The summed E-state index contributed by atoms with van der Waals surface area (Å²) in [5.74, 6) is 0.764. The molecule has 2 aliphatic heterocycles. The van der Waals surface area contributed by atoms with Gasteiger partial charge >= 0.3 is 0 Å². The molecule has 7 heteroatoms. The van der Waals surface area contributed by atoms with Gasteiger partial charge in [0.2, 0.25) is 11.8 Å². The summed E-state index contributed by atoms with van der Waals surface area (Å²) in [5.41, 5.74) is 0.814. The first-order valence-electron chi connectivity index (χ1n) is 10.2. The van der Waals surface area contributed by atoms with Gasteiger partial charge in [0.05, 0.1) is 11.7 Å². The van der Waals surface area contributed by atoms with Crippen LogP contribution >= 0.6 is 15.9 Å².